The summed E-state index contributed by atoms with van der Waals surface area (Å²) in [6, 6.07) is 65.2. The SMILES string of the molecule is [2H]c1c([2H])c([2H])c2c(c1[2H])c1c([2H])c(-c3ccc(N(c4ccc(-c5cccc(-c6ccccc6)c5)cc4)c4cccc5ccccc45)cc3)c([2H])c([2H])c1n2-c1ccc(-c2ccccc2)cc1. The molecule has 0 spiro atoms. The predicted molar refractivity (Wildman–Crippen MR) is 255 cm³/mol. The van der Waals surface area contributed by atoms with E-state index in [0.29, 0.717) is 11.3 Å². The van der Waals surface area contributed by atoms with Crippen molar-refractivity contribution in [2.75, 3.05) is 4.90 Å². The summed E-state index contributed by atoms with van der Waals surface area (Å²) in [7, 11) is 0. The van der Waals surface area contributed by atoms with Gasteiger partial charge in [0, 0.05) is 33.2 Å². The number of aromatic nitrogens is 1. The Bertz CT molecular complexity index is 3680. The minimum absolute atomic E-state index is 0.0868. The lowest BCUT2D eigenvalue weighted by molar-refractivity contribution is 1.18. The average molecular weight is 772 g/mol. The minimum Gasteiger partial charge on any atom is -0.310 e. The summed E-state index contributed by atoms with van der Waals surface area (Å²) in [5, 5.41) is 2.49. The number of para-hydroxylation sites is 1. The molecule has 0 amide bonds. The Hall–Kier alpha value is -7.94. The first-order valence-electron chi connectivity index (χ1n) is 23.5. The van der Waals surface area contributed by atoms with Crippen LogP contribution in [0.2, 0.25) is 0 Å². The van der Waals surface area contributed by atoms with Gasteiger partial charge in [-0.05, 0) is 117 Å². The van der Waals surface area contributed by atoms with Crippen molar-refractivity contribution in [2.45, 2.75) is 0 Å². The van der Waals surface area contributed by atoms with Crippen LogP contribution < -0.4 is 4.90 Å². The molecule has 2 heteroatoms. The van der Waals surface area contributed by atoms with Crippen LogP contribution in [0.3, 0.4) is 0 Å². The van der Waals surface area contributed by atoms with Gasteiger partial charge in [-0.2, -0.15) is 0 Å². The summed E-state index contributed by atoms with van der Waals surface area (Å²) < 4.78 is 66.0. The van der Waals surface area contributed by atoms with Crippen LogP contribution in [0.1, 0.15) is 9.60 Å². The van der Waals surface area contributed by atoms with E-state index in [0.717, 1.165) is 61.2 Å². The first kappa shape index (κ1) is 28.5. The number of rotatable bonds is 8. The summed E-state index contributed by atoms with van der Waals surface area (Å²) in [5.41, 5.74) is 10.8. The van der Waals surface area contributed by atoms with Crippen molar-refractivity contribution in [3.63, 3.8) is 0 Å². The summed E-state index contributed by atoms with van der Waals surface area (Å²) in [4.78, 5) is 2.20. The normalized spacial score (nSPS) is 13.0. The molecule has 0 bridgehead atoms. The number of benzene rings is 10. The third-order valence-corrected chi connectivity index (χ3v) is 11.2. The van der Waals surface area contributed by atoms with Crippen LogP contribution in [-0.4, -0.2) is 4.57 Å². The zero-order valence-electron chi connectivity index (χ0n) is 39.4. The van der Waals surface area contributed by atoms with E-state index in [1.807, 2.05) is 109 Å². The second-order valence-corrected chi connectivity index (χ2v) is 14.8. The van der Waals surface area contributed by atoms with Gasteiger partial charge in [-0.1, -0.05) is 176 Å². The van der Waals surface area contributed by atoms with Crippen LogP contribution in [0.5, 0.6) is 0 Å². The molecule has 0 atom stereocenters. The molecule has 1 aromatic heterocycles. The Morgan fingerprint density at radius 3 is 1.55 bits per heavy atom. The third-order valence-electron chi connectivity index (χ3n) is 11.2. The summed E-state index contributed by atoms with van der Waals surface area (Å²) >= 11 is 0. The molecular formula is C58H40N2. The lowest BCUT2D eigenvalue weighted by Gasteiger charge is -2.27. The fourth-order valence-corrected chi connectivity index (χ4v) is 8.27. The van der Waals surface area contributed by atoms with Crippen molar-refractivity contribution in [3.05, 3.63) is 242 Å². The molecule has 11 rings (SSSR count). The van der Waals surface area contributed by atoms with Crippen molar-refractivity contribution in [3.8, 4) is 50.2 Å². The monoisotopic (exact) mass is 771 g/mol. The minimum atomic E-state index is -0.426. The molecule has 1 heterocycles. The van der Waals surface area contributed by atoms with Gasteiger partial charge in [0.25, 0.3) is 0 Å². The van der Waals surface area contributed by atoms with E-state index in [2.05, 4.69) is 95.9 Å². The van der Waals surface area contributed by atoms with Gasteiger partial charge in [-0.3, -0.25) is 0 Å². The van der Waals surface area contributed by atoms with E-state index in [4.69, 9.17) is 5.48 Å². The average Bonchev–Trinajstić information content (AvgIpc) is 3.75. The smallest absolute Gasteiger partial charge is 0.0645 e. The number of nitrogens with zero attached hydrogens (tertiary/aromatic N) is 2. The van der Waals surface area contributed by atoms with E-state index < -0.39 is 12.1 Å². The number of hydrogen-bond donors (Lipinski definition) is 0. The highest BCUT2D eigenvalue weighted by molar-refractivity contribution is 6.10. The molecule has 0 saturated carbocycles. The highest BCUT2D eigenvalue weighted by atomic mass is 15.1. The standard InChI is InChI=1S/C58H40N2/c1-3-13-41(14-4-1)43-25-36-52(37-26-43)60-57-23-10-9-22-54(57)55-40-49(31-38-58(55)60)45-29-34-51(35-30-45)59(56-24-12-18-46-17-7-8-21-53(46)56)50-32-27-44(28-33-50)48-20-11-19-47(39-48)42-15-5-2-6-16-42/h1-40H/i9D,10D,22D,23D,31D,38D,40D. The third kappa shape index (κ3) is 6.41. The van der Waals surface area contributed by atoms with Gasteiger partial charge >= 0.3 is 0 Å². The molecule has 0 aliphatic rings. The Morgan fingerprint density at radius 1 is 0.350 bits per heavy atom. The highest BCUT2D eigenvalue weighted by Gasteiger charge is 2.17. The van der Waals surface area contributed by atoms with Crippen molar-refractivity contribution in [1.29, 1.82) is 0 Å². The van der Waals surface area contributed by atoms with Crippen LogP contribution in [-0.2, 0) is 0 Å². The Balaban J connectivity index is 1.04. The lowest BCUT2D eigenvalue weighted by atomic mass is 9.98. The van der Waals surface area contributed by atoms with Gasteiger partial charge in [0.2, 0.25) is 0 Å². The number of anilines is 3. The molecule has 0 unspecified atom stereocenters. The van der Waals surface area contributed by atoms with Gasteiger partial charge < -0.3 is 9.47 Å². The first-order chi connectivity index (χ1) is 32.7. The molecule has 0 N–H and O–H groups in total. The van der Waals surface area contributed by atoms with Crippen molar-refractivity contribution >= 4 is 49.6 Å². The molecule has 11 aromatic rings. The second kappa shape index (κ2) is 15.1. The van der Waals surface area contributed by atoms with Gasteiger partial charge in [-0.15, -0.1) is 0 Å². The fourth-order valence-electron chi connectivity index (χ4n) is 8.27. The molecule has 2 nitrogen and oxygen atoms in total. The van der Waals surface area contributed by atoms with E-state index >= 15 is 0 Å². The van der Waals surface area contributed by atoms with Crippen LogP contribution in [0.4, 0.5) is 17.1 Å². The van der Waals surface area contributed by atoms with E-state index in [-0.39, 0.29) is 57.6 Å². The largest absolute Gasteiger partial charge is 0.310 e. The zero-order chi connectivity index (χ0) is 45.9. The summed E-state index contributed by atoms with van der Waals surface area (Å²) in [5.74, 6) is 0. The Kier molecular flexibility index (Phi) is 7.16. The van der Waals surface area contributed by atoms with Crippen LogP contribution in [0, 0.1) is 0 Å². The van der Waals surface area contributed by atoms with Gasteiger partial charge in [-0.25, -0.2) is 0 Å². The summed E-state index contributed by atoms with van der Waals surface area (Å²) in [6.07, 6.45) is 0. The van der Waals surface area contributed by atoms with E-state index in [9.17, 15) is 4.11 Å². The maximum atomic E-state index is 9.78. The van der Waals surface area contributed by atoms with Crippen molar-refractivity contribution < 1.29 is 9.60 Å². The Labute approximate surface area is 360 Å². The first-order valence-corrected chi connectivity index (χ1v) is 20.0. The fraction of sp³-hybridized carbons (Fsp3) is 0. The molecule has 0 aliphatic carbocycles. The highest BCUT2D eigenvalue weighted by Crippen LogP contribution is 2.41. The van der Waals surface area contributed by atoms with Crippen LogP contribution in [0.15, 0.2) is 242 Å². The molecule has 282 valence electrons. The molecule has 0 saturated heterocycles. The molecule has 0 aliphatic heterocycles. The van der Waals surface area contributed by atoms with Crippen molar-refractivity contribution in [1.82, 2.24) is 4.57 Å². The molecule has 60 heavy (non-hydrogen) atoms. The molecule has 0 fully saturated rings. The van der Waals surface area contributed by atoms with Crippen LogP contribution in [0.25, 0.3) is 82.8 Å². The van der Waals surface area contributed by atoms with Crippen molar-refractivity contribution in [2.24, 2.45) is 0 Å². The van der Waals surface area contributed by atoms with Crippen LogP contribution >= 0.6 is 0 Å². The number of hydrogen-bond acceptors (Lipinski definition) is 1. The number of fused-ring (bicyclic) bond motifs is 4. The molecule has 0 radical (unpaired) electrons. The maximum absolute atomic E-state index is 9.78. The Morgan fingerprint density at radius 2 is 0.850 bits per heavy atom. The molecule has 10 aromatic carbocycles. The van der Waals surface area contributed by atoms with Gasteiger partial charge in [0.1, 0.15) is 0 Å². The quantitative estimate of drug-likeness (QED) is 0.149. The zero-order valence-corrected chi connectivity index (χ0v) is 32.4. The van der Waals surface area contributed by atoms with E-state index in [1.54, 1.807) is 4.57 Å². The predicted octanol–water partition coefficient (Wildman–Crippen LogP) is 16.1. The maximum Gasteiger partial charge on any atom is 0.0645 e. The topological polar surface area (TPSA) is 8.17 Å². The van der Waals surface area contributed by atoms with E-state index in [1.165, 1.54) is 0 Å². The lowest BCUT2D eigenvalue weighted by Crippen LogP contribution is -2.10. The van der Waals surface area contributed by atoms with Gasteiger partial charge in [0.15, 0.2) is 0 Å². The van der Waals surface area contributed by atoms with Gasteiger partial charge in [0.05, 0.1) is 26.3 Å². The molecular weight excluding hydrogens is 725 g/mol. The second-order valence-electron chi connectivity index (χ2n) is 14.8. The summed E-state index contributed by atoms with van der Waals surface area (Å²) in [6.45, 7) is 0.